The van der Waals surface area contributed by atoms with Gasteiger partial charge in [-0.3, -0.25) is 9.69 Å². The van der Waals surface area contributed by atoms with Crippen LogP contribution in [-0.4, -0.2) is 43.3 Å². The van der Waals surface area contributed by atoms with Crippen LogP contribution in [0.1, 0.15) is 38.7 Å². The minimum Gasteiger partial charge on any atom is -0.454 e. The molecule has 0 radical (unpaired) electrons. The molecular formula is C19H28N2O3. The third-order valence-electron chi connectivity index (χ3n) is 5.11. The van der Waals surface area contributed by atoms with Gasteiger partial charge in [-0.2, -0.15) is 0 Å². The molecule has 5 nitrogen and oxygen atoms in total. The SMILES string of the molecule is CC1CCN(C(C)CNC(=O)CCc2ccc3c(c2)OCO3)CC1. The van der Waals surface area contributed by atoms with Crippen LogP contribution in [0, 0.1) is 5.92 Å². The van der Waals surface area contributed by atoms with E-state index in [4.69, 9.17) is 9.47 Å². The van der Waals surface area contributed by atoms with Crippen LogP contribution in [0.15, 0.2) is 18.2 Å². The molecule has 1 fully saturated rings. The summed E-state index contributed by atoms with van der Waals surface area (Å²) in [4.78, 5) is 14.6. The molecule has 0 aliphatic carbocycles. The first kappa shape index (κ1) is 17.1. The summed E-state index contributed by atoms with van der Waals surface area (Å²) in [5, 5.41) is 3.08. The highest BCUT2D eigenvalue weighted by atomic mass is 16.7. The molecule has 1 amide bonds. The highest BCUT2D eigenvalue weighted by Gasteiger charge is 2.20. The summed E-state index contributed by atoms with van der Waals surface area (Å²) >= 11 is 0. The van der Waals surface area contributed by atoms with Crippen LogP contribution in [0.3, 0.4) is 0 Å². The summed E-state index contributed by atoms with van der Waals surface area (Å²) in [5.74, 6) is 2.52. The predicted molar refractivity (Wildman–Crippen MR) is 93.3 cm³/mol. The molecule has 0 bridgehead atoms. The Hall–Kier alpha value is -1.75. The molecule has 24 heavy (non-hydrogen) atoms. The lowest BCUT2D eigenvalue weighted by molar-refractivity contribution is -0.121. The zero-order chi connectivity index (χ0) is 16.9. The molecule has 0 spiro atoms. The smallest absolute Gasteiger partial charge is 0.231 e. The van der Waals surface area contributed by atoms with Crippen LogP contribution in [0.25, 0.3) is 0 Å². The second kappa shape index (κ2) is 7.88. The molecule has 3 rings (SSSR count). The van der Waals surface area contributed by atoms with Crippen molar-refractivity contribution in [2.24, 2.45) is 5.92 Å². The van der Waals surface area contributed by atoms with E-state index < -0.39 is 0 Å². The number of hydrogen-bond acceptors (Lipinski definition) is 4. The maximum absolute atomic E-state index is 12.1. The van der Waals surface area contributed by atoms with Crippen molar-refractivity contribution in [3.63, 3.8) is 0 Å². The van der Waals surface area contributed by atoms with Crippen LogP contribution in [0.4, 0.5) is 0 Å². The van der Waals surface area contributed by atoms with Crippen LogP contribution >= 0.6 is 0 Å². The van der Waals surface area contributed by atoms with Gasteiger partial charge in [-0.15, -0.1) is 0 Å². The minimum absolute atomic E-state index is 0.116. The number of fused-ring (bicyclic) bond motifs is 1. The Morgan fingerprint density at radius 1 is 1.29 bits per heavy atom. The zero-order valence-electron chi connectivity index (χ0n) is 14.7. The summed E-state index contributed by atoms with van der Waals surface area (Å²) in [6.07, 6.45) is 3.76. The van der Waals surface area contributed by atoms with Crippen LogP contribution in [0.2, 0.25) is 0 Å². The molecule has 1 aromatic carbocycles. The molecule has 5 heteroatoms. The lowest BCUT2D eigenvalue weighted by Gasteiger charge is -2.35. The molecule has 2 heterocycles. The van der Waals surface area contributed by atoms with Gasteiger partial charge in [0.25, 0.3) is 0 Å². The topological polar surface area (TPSA) is 50.8 Å². The van der Waals surface area contributed by atoms with Crippen molar-refractivity contribution >= 4 is 5.91 Å². The average Bonchev–Trinajstić information content (AvgIpc) is 3.06. The van der Waals surface area contributed by atoms with E-state index in [1.54, 1.807) is 0 Å². The monoisotopic (exact) mass is 332 g/mol. The van der Waals surface area contributed by atoms with Crippen LogP contribution in [-0.2, 0) is 11.2 Å². The van der Waals surface area contributed by atoms with Crippen molar-refractivity contribution in [2.45, 2.75) is 45.6 Å². The van der Waals surface area contributed by atoms with E-state index in [2.05, 4.69) is 24.1 Å². The summed E-state index contributed by atoms with van der Waals surface area (Å²) in [7, 11) is 0. The largest absolute Gasteiger partial charge is 0.454 e. The second-order valence-electron chi connectivity index (χ2n) is 7.06. The van der Waals surface area contributed by atoms with Crippen molar-refractivity contribution in [3.8, 4) is 11.5 Å². The van der Waals surface area contributed by atoms with Gasteiger partial charge in [0.2, 0.25) is 12.7 Å². The molecule has 1 aromatic rings. The number of aryl methyl sites for hydroxylation is 1. The molecule has 1 unspecified atom stereocenters. The van der Waals surface area contributed by atoms with E-state index in [0.29, 0.717) is 12.5 Å². The van der Waals surface area contributed by atoms with Gasteiger partial charge in [0.15, 0.2) is 11.5 Å². The standard InChI is InChI=1S/C19H28N2O3/c1-14-7-9-21(10-8-14)15(2)12-20-19(22)6-4-16-3-5-17-18(11-16)24-13-23-17/h3,5,11,14-15H,4,6-10,12-13H2,1-2H3,(H,20,22). The van der Waals surface area contributed by atoms with Gasteiger partial charge in [-0.05, 0) is 62.9 Å². The minimum atomic E-state index is 0.116. The predicted octanol–water partition coefficient (Wildman–Crippen LogP) is 2.58. The first-order valence-corrected chi connectivity index (χ1v) is 9.01. The average molecular weight is 332 g/mol. The van der Waals surface area contributed by atoms with Crippen molar-refractivity contribution in [1.29, 1.82) is 0 Å². The maximum Gasteiger partial charge on any atom is 0.231 e. The van der Waals surface area contributed by atoms with Gasteiger partial charge in [-0.25, -0.2) is 0 Å². The number of hydrogen-bond donors (Lipinski definition) is 1. The van der Waals surface area contributed by atoms with Crippen LogP contribution < -0.4 is 14.8 Å². The first-order valence-electron chi connectivity index (χ1n) is 9.01. The fourth-order valence-corrected chi connectivity index (χ4v) is 3.30. The quantitative estimate of drug-likeness (QED) is 0.870. The number of carbonyl (C=O) groups is 1. The number of nitrogens with zero attached hydrogens (tertiary/aromatic N) is 1. The zero-order valence-corrected chi connectivity index (χ0v) is 14.7. The maximum atomic E-state index is 12.1. The van der Waals surface area contributed by atoms with Gasteiger partial charge >= 0.3 is 0 Å². The van der Waals surface area contributed by atoms with E-state index in [9.17, 15) is 4.79 Å². The Balaban J connectivity index is 1.38. The highest BCUT2D eigenvalue weighted by molar-refractivity contribution is 5.76. The third-order valence-corrected chi connectivity index (χ3v) is 5.11. The first-order chi connectivity index (χ1) is 11.6. The number of likely N-dealkylation sites (tertiary alicyclic amines) is 1. The Bertz CT molecular complexity index is 568. The highest BCUT2D eigenvalue weighted by Crippen LogP contribution is 2.32. The van der Waals surface area contributed by atoms with E-state index in [-0.39, 0.29) is 12.7 Å². The normalized spacial score (nSPS) is 19.2. The van der Waals surface area contributed by atoms with Crippen molar-refractivity contribution in [3.05, 3.63) is 23.8 Å². The fraction of sp³-hybridized carbons (Fsp3) is 0.632. The van der Waals surface area contributed by atoms with Crippen LogP contribution in [0.5, 0.6) is 11.5 Å². The number of rotatable bonds is 6. The number of amides is 1. The number of benzene rings is 1. The number of carbonyl (C=O) groups excluding carboxylic acids is 1. The molecule has 132 valence electrons. The lowest BCUT2D eigenvalue weighted by Crippen LogP contribution is -2.45. The lowest BCUT2D eigenvalue weighted by atomic mass is 9.98. The summed E-state index contributed by atoms with van der Waals surface area (Å²) < 4.78 is 10.7. The van der Waals surface area contributed by atoms with E-state index in [0.717, 1.165) is 49.0 Å². The Kier molecular flexibility index (Phi) is 5.61. The molecular weight excluding hydrogens is 304 g/mol. The van der Waals surface area contributed by atoms with E-state index in [1.807, 2.05) is 18.2 Å². The van der Waals surface area contributed by atoms with Gasteiger partial charge in [0.05, 0.1) is 0 Å². The van der Waals surface area contributed by atoms with Crippen molar-refractivity contribution in [1.82, 2.24) is 10.2 Å². The van der Waals surface area contributed by atoms with Gasteiger partial charge in [0.1, 0.15) is 0 Å². The van der Waals surface area contributed by atoms with Gasteiger partial charge in [0, 0.05) is 19.0 Å². The summed E-state index contributed by atoms with van der Waals surface area (Å²) in [5.41, 5.74) is 1.10. The van der Waals surface area contributed by atoms with Crippen molar-refractivity contribution in [2.75, 3.05) is 26.4 Å². The van der Waals surface area contributed by atoms with E-state index >= 15 is 0 Å². The molecule has 0 saturated carbocycles. The van der Waals surface area contributed by atoms with E-state index in [1.165, 1.54) is 12.8 Å². The summed E-state index contributed by atoms with van der Waals surface area (Å²) in [6.45, 7) is 7.83. The van der Waals surface area contributed by atoms with Gasteiger partial charge < -0.3 is 14.8 Å². The second-order valence-corrected chi connectivity index (χ2v) is 7.06. The fourth-order valence-electron chi connectivity index (χ4n) is 3.30. The number of ether oxygens (including phenoxy) is 2. The third kappa shape index (κ3) is 4.41. The number of nitrogens with one attached hydrogen (secondary N) is 1. The molecule has 1 saturated heterocycles. The molecule has 1 atom stereocenters. The number of piperidine rings is 1. The molecule has 2 aliphatic heterocycles. The molecule has 2 aliphatic rings. The molecule has 1 N–H and O–H groups in total. The Labute approximate surface area is 144 Å². The van der Waals surface area contributed by atoms with Crippen molar-refractivity contribution < 1.29 is 14.3 Å². The Morgan fingerprint density at radius 3 is 2.83 bits per heavy atom. The summed E-state index contributed by atoms with van der Waals surface area (Å²) in [6, 6.07) is 6.28. The van der Waals surface area contributed by atoms with Gasteiger partial charge in [-0.1, -0.05) is 13.0 Å². The molecule has 0 aromatic heterocycles. The Morgan fingerprint density at radius 2 is 2.04 bits per heavy atom.